The second-order valence-corrected chi connectivity index (χ2v) is 5.25. The van der Waals surface area contributed by atoms with Crippen molar-refractivity contribution in [2.45, 2.75) is 33.7 Å². The summed E-state index contributed by atoms with van der Waals surface area (Å²) >= 11 is 3.45. The molecule has 0 spiro atoms. The Balaban J connectivity index is 2.69. The van der Waals surface area contributed by atoms with Crippen LogP contribution in [-0.2, 0) is 0 Å². The van der Waals surface area contributed by atoms with Gasteiger partial charge in [0.15, 0.2) is 0 Å². The summed E-state index contributed by atoms with van der Waals surface area (Å²) in [5.41, 5.74) is 1.58. The van der Waals surface area contributed by atoms with Crippen molar-refractivity contribution in [2.24, 2.45) is 0 Å². The van der Waals surface area contributed by atoms with Gasteiger partial charge < -0.3 is 4.57 Å². The zero-order chi connectivity index (χ0) is 13.4. The summed E-state index contributed by atoms with van der Waals surface area (Å²) in [5.74, 6) is 0.331. The largest absolute Gasteiger partial charge is 0.308 e. The van der Waals surface area contributed by atoms with Gasteiger partial charge in [-0.2, -0.15) is 5.10 Å². The molecule has 0 amide bonds. The molecule has 0 aliphatic carbocycles. The second kappa shape index (κ2) is 4.68. The average Bonchev–Trinajstić information content (AvgIpc) is 2.57. The van der Waals surface area contributed by atoms with Gasteiger partial charge in [-0.3, -0.25) is 4.79 Å². The van der Waals surface area contributed by atoms with Crippen LogP contribution in [0.5, 0.6) is 0 Å². The Morgan fingerprint density at radius 1 is 1.33 bits per heavy atom. The minimum absolute atomic E-state index is 0.0969. The molecule has 0 saturated carbocycles. The lowest BCUT2D eigenvalue weighted by Gasteiger charge is -2.11. The van der Waals surface area contributed by atoms with Gasteiger partial charge in [-0.05, 0) is 43.6 Å². The smallest absolute Gasteiger partial charge is 0.295 e. The van der Waals surface area contributed by atoms with Gasteiger partial charge in [0, 0.05) is 18.4 Å². The molecule has 2 aromatic heterocycles. The molecule has 0 aliphatic rings. The van der Waals surface area contributed by atoms with Crippen molar-refractivity contribution in [1.29, 1.82) is 0 Å². The Labute approximate surface area is 114 Å². The molecule has 0 atom stereocenters. The molecule has 0 N–H and O–H groups in total. The van der Waals surface area contributed by atoms with Gasteiger partial charge in [0.2, 0.25) is 5.82 Å². The number of hydrogen-bond acceptors (Lipinski definition) is 3. The highest BCUT2D eigenvalue weighted by atomic mass is 79.9. The fourth-order valence-electron chi connectivity index (χ4n) is 1.80. The lowest BCUT2D eigenvalue weighted by Crippen LogP contribution is -2.27. The molecular weight excluding hydrogens is 296 g/mol. The van der Waals surface area contributed by atoms with Crippen LogP contribution in [0.3, 0.4) is 0 Å². The van der Waals surface area contributed by atoms with Gasteiger partial charge >= 0.3 is 0 Å². The lowest BCUT2D eigenvalue weighted by molar-refractivity contribution is 0.566. The molecule has 2 heterocycles. The molecule has 2 rings (SSSR count). The van der Waals surface area contributed by atoms with Crippen molar-refractivity contribution in [1.82, 2.24) is 19.3 Å². The maximum Gasteiger partial charge on any atom is 0.295 e. The van der Waals surface area contributed by atoms with Crippen LogP contribution in [0.4, 0.5) is 0 Å². The average molecular weight is 311 g/mol. The van der Waals surface area contributed by atoms with Crippen LogP contribution in [0, 0.1) is 13.8 Å². The summed E-state index contributed by atoms with van der Waals surface area (Å²) in [5, 5.41) is 4.34. The Morgan fingerprint density at radius 3 is 2.50 bits per heavy atom. The molecule has 0 radical (unpaired) electrons. The predicted octanol–water partition coefficient (Wildman–Crippen LogP) is 2.39. The van der Waals surface area contributed by atoms with Gasteiger partial charge in [-0.15, -0.1) is 0 Å². The van der Waals surface area contributed by atoms with Gasteiger partial charge in [-0.25, -0.2) is 9.67 Å². The highest BCUT2D eigenvalue weighted by molar-refractivity contribution is 9.10. The Hall–Kier alpha value is -1.43. The minimum Gasteiger partial charge on any atom is -0.308 e. The third-order valence-corrected chi connectivity index (χ3v) is 3.96. The fraction of sp³-hybridized carbons (Fsp3) is 0.417. The molecule has 96 valence electrons. The molecule has 0 unspecified atom stereocenters. The third-order valence-electron chi connectivity index (χ3n) is 2.81. The van der Waals surface area contributed by atoms with Crippen molar-refractivity contribution >= 4 is 15.9 Å². The van der Waals surface area contributed by atoms with E-state index >= 15 is 0 Å². The predicted molar refractivity (Wildman–Crippen MR) is 73.2 cm³/mol. The van der Waals surface area contributed by atoms with Crippen LogP contribution in [0.2, 0.25) is 0 Å². The van der Waals surface area contributed by atoms with Gasteiger partial charge in [-0.1, -0.05) is 0 Å². The molecule has 0 fully saturated rings. The van der Waals surface area contributed by atoms with E-state index in [2.05, 4.69) is 26.0 Å². The summed E-state index contributed by atoms with van der Waals surface area (Å²) in [6.07, 6.45) is 3.32. The summed E-state index contributed by atoms with van der Waals surface area (Å²) in [6, 6.07) is 0.0969. The molecule has 0 bridgehead atoms. The second-order valence-electron chi connectivity index (χ2n) is 4.45. The molecule has 18 heavy (non-hydrogen) atoms. The molecule has 0 aromatic carbocycles. The maximum atomic E-state index is 12.3. The molecule has 5 nitrogen and oxygen atoms in total. The number of rotatable bonds is 2. The summed E-state index contributed by atoms with van der Waals surface area (Å²) in [7, 11) is 0. The van der Waals surface area contributed by atoms with E-state index in [0.717, 1.165) is 15.9 Å². The van der Waals surface area contributed by atoms with Crippen molar-refractivity contribution in [3.8, 4) is 5.82 Å². The molecule has 0 saturated heterocycles. The molecule has 0 aliphatic heterocycles. The first-order chi connectivity index (χ1) is 8.43. The highest BCUT2D eigenvalue weighted by Gasteiger charge is 2.15. The maximum absolute atomic E-state index is 12.3. The first-order valence-corrected chi connectivity index (χ1v) is 6.52. The standard InChI is InChI=1S/C12H15BrN4O/c1-7(2)16-6-5-14-11(12(16)18)17-9(4)10(13)8(3)15-17/h5-7H,1-4H3. The Morgan fingerprint density at radius 2 is 2.00 bits per heavy atom. The quantitative estimate of drug-likeness (QED) is 0.856. The van der Waals surface area contributed by atoms with E-state index < -0.39 is 0 Å². The van der Waals surface area contributed by atoms with E-state index in [1.807, 2.05) is 27.7 Å². The van der Waals surface area contributed by atoms with Gasteiger partial charge in [0.25, 0.3) is 5.56 Å². The van der Waals surface area contributed by atoms with Crippen molar-refractivity contribution in [3.05, 3.63) is 38.6 Å². The minimum atomic E-state index is -0.134. The first kappa shape index (κ1) is 13.0. The Kier molecular flexibility index (Phi) is 3.38. The highest BCUT2D eigenvalue weighted by Crippen LogP contribution is 2.21. The lowest BCUT2D eigenvalue weighted by atomic mass is 10.4. The van der Waals surface area contributed by atoms with E-state index in [9.17, 15) is 4.79 Å². The van der Waals surface area contributed by atoms with Crippen molar-refractivity contribution < 1.29 is 0 Å². The van der Waals surface area contributed by atoms with Crippen molar-refractivity contribution in [2.75, 3.05) is 0 Å². The number of aromatic nitrogens is 4. The normalized spacial score (nSPS) is 11.2. The van der Waals surface area contributed by atoms with Crippen LogP contribution in [0.1, 0.15) is 31.3 Å². The number of nitrogens with zero attached hydrogens (tertiary/aromatic N) is 4. The van der Waals surface area contributed by atoms with E-state index in [0.29, 0.717) is 5.82 Å². The van der Waals surface area contributed by atoms with Crippen LogP contribution in [-0.4, -0.2) is 19.3 Å². The zero-order valence-corrected chi connectivity index (χ0v) is 12.4. The van der Waals surface area contributed by atoms with E-state index in [1.54, 1.807) is 21.6 Å². The first-order valence-electron chi connectivity index (χ1n) is 5.72. The summed E-state index contributed by atoms with van der Waals surface area (Å²) in [6.45, 7) is 7.71. The van der Waals surface area contributed by atoms with Gasteiger partial charge in [0.05, 0.1) is 15.9 Å². The number of aryl methyl sites for hydroxylation is 1. The molecule has 6 heteroatoms. The van der Waals surface area contributed by atoms with E-state index in [4.69, 9.17) is 0 Å². The zero-order valence-electron chi connectivity index (χ0n) is 10.8. The summed E-state index contributed by atoms with van der Waals surface area (Å²) < 4.78 is 4.14. The van der Waals surface area contributed by atoms with Crippen LogP contribution in [0.25, 0.3) is 5.82 Å². The van der Waals surface area contributed by atoms with E-state index in [-0.39, 0.29) is 11.6 Å². The monoisotopic (exact) mass is 310 g/mol. The third kappa shape index (κ3) is 2.01. The number of hydrogen-bond donors (Lipinski definition) is 0. The summed E-state index contributed by atoms with van der Waals surface area (Å²) in [4.78, 5) is 16.5. The molecular formula is C12H15BrN4O. The molecule has 2 aromatic rings. The van der Waals surface area contributed by atoms with Crippen LogP contribution >= 0.6 is 15.9 Å². The van der Waals surface area contributed by atoms with E-state index in [1.165, 1.54) is 0 Å². The van der Waals surface area contributed by atoms with Crippen LogP contribution in [0.15, 0.2) is 21.7 Å². The van der Waals surface area contributed by atoms with Gasteiger partial charge in [0.1, 0.15) is 0 Å². The van der Waals surface area contributed by atoms with Crippen molar-refractivity contribution in [3.63, 3.8) is 0 Å². The van der Waals surface area contributed by atoms with Crippen LogP contribution < -0.4 is 5.56 Å². The number of halogens is 1. The SMILES string of the molecule is Cc1nn(-c2nccn(C(C)C)c2=O)c(C)c1Br. The Bertz CT molecular complexity index is 642. The fourth-order valence-corrected chi connectivity index (χ4v) is 2.04. The topological polar surface area (TPSA) is 52.7 Å².